The highest BCUT2D eigenvalue weighted by Crippen LogP contribution is 2.22. The van der Waals surface area contributed by atoms with E-state index in [0.717, 1.165) is 0 Å². The van der Waals surface area contributed by atoms with Gasteiger partial charge in [0.1, 0.15) is 5.76 Å². The molecule has 0 fully saturated rings. The van der Waals surface area contributed by atoms with Crippen LogP contribution >= 0.6 is 0 Å². The summed E-state index contributed by atoms with van der Waals surface area (Å²) in [6.45, 7) is 3.51. The minimum absolute atomic E-state index is 0. The van der Waals surface area contributed by atoms with Crippen LogP contribution in [0.15, 0.2) is 11.5 Å². The second kappa shape index (κ2) is 3.47. The molecule has 0 bridgehead atoms. The van der Waals surface area contributed by atoms with Crippen LogP contribution in [0.2, 0.25) is 0 Å². The number of esters is 1. The molecule has 0 aromatic rings. The molecule has 1 aliphatic rings. The van der Waals surface area contributed by atoms with Crippen molar-refractivity contribution in [2.75, 3.05) is 0 Å². The summed E-state index contributed by atoms with van der Waals surface area (Å²) in [5.41, 5.74) is 0. The van der Waals surface area contributed by atoms with Crippen molar-refractivity contribution in [1.82, 2.24) is 0 Å². The Hall–Kier alpha value is -1.19. The molecular weight excluding hydrogens is 160 g/mol. The Bertz CT molecular complexity index is 217. The zero-order valence-corrected chi connectivity index (χ0v) is 6.33. The van der Waals surface area contributed by atoms with E-state index < -0.39 is 23.6 Å². The molecule has 1 heterocycles. The van der Waals surface area contributed by atoms with E-state index in [9.17, 15) is 9.90 Å². The van der Waals surface area contributed by atoms with Gasteiger partial charge in [0, 0.05) is 5.76 Å². The first kappa shape index (κ1) is 10.8. The first-order valence-electron chi connectivity index (χ1n) is 3.35. The Morgan fingerprint density at radius 1 is 1.58 bits per heavy atom. The Kier molecular flexibility index (Phi) is 3.13. The molecule has 4 nitrogen and oxygen atoms in total. The van der Waals surface area contributed by atoms with Gasteiger partial charge in [-0.3, -0.25) is 0 Å². The van der Waals surface area contributed by atoms with Crippen LogP contribution in [0.1, 0.15) is 21.3 Å². The number of hydrogen-bond donors (Lipinski definition) is 1. The number of rotatable bonds is 1. The summed E-state index contributed by atoms with van der Waals surface area (Å²) in [5.74, 6) is -2.40. The number of hydrogen-bond acceptors (Lipinski definition) is 4. The SMILES string of the molecule is C.CC(C)[C@H]1OC(=O)C([O-])=C1O. The average Bonchev–Trinajstić information content (AvgIpc) is 2.17. The number of ether oxygens (including phenoxy) is 1. The topological polar surface area (TPSA) is 69.6 Å². The van der Waals surface area contributed by atoms with E-state index in [1.807, 2.05) is 0 Å². The lowest BCUT2D eigenvalue weighted by Gasteiger charge is -2.13. The van der Waals surface area contributed by atoms with Crippen LogP contribution in [0.5, 0.6) is 0 Å². The molecule has 0 spiro atoms. The van der Waals surface area contributed by atoms with Gasteiger partial charge in [0.2, 0.25) is 0 Å². The van der Waals surface area contributed by atoms with Gasteiger partial charge in [-0.15, -0.1) is 0 Å². The highest BCUT2D eigenvalue weighted by atomic mass is 16.6. The summed E-state index contributed by atoms with van der Waals surface area (Å²) < 4.78 is 4.57. The van der Waals surface area contributed by atoms with Crippen LogP contribution in [0.3, 0.4) is 0 Å². The van der Waals surface area contributed by atoms with E-state index in [1.54, 1.807) is 13.8 Å². The molecule has 70 valence electrons. The molecule has 12 heavy (non-hydrogen) atoms. The Morgan fingerprint density at radius 3 is 2.25 bits per heavy atom. The number of cyclic esters (lactones) is 1. The second-order valence-corrected chi connectivity index (χ2v) is 2.78. The molecule has 1 N–H and O–H groups in total. The highest BCUT2D eigenvalue weighted by molar-refractivity contribution is 5.88. The molecule has 1 atom stereocenters. The van der Waals surface area contributed by atoms with Gasteiger partial charge >= 0.3 is 5.97 Å². The van der Waals surface area contributed by atoms with Gasteiger partial charge in [0.25, 0.3) is 0 Å². The van der Waals surface area contributed by atoms with E-state index in [-0.39, 0.29) is 13.3 Å². The fraction of sp³-hybridized carbons (Fsp3) is 0.625. The largest absolute Gasteiger partial charge is 0.865 e. The van der Waals surface area contributed by atoms with E-state index in [0.29, 0.717) is 0 Å². The number of carbonyl (C=O) groups excluding carboxylic acids is 1. The van der Waals surface area contributed by atoms with Crippen LogP contribution in [0.4, 0.5) is 0 Å². The quantitative estimate of drug-likeness (QED) is 0.580. The maximum Gasteiger partial charge on any atom is 0.327 e. The third-order valence-corrected chi connectivity index (χ3v) is 1.53. The first-order chi connectivity index (χ1) is 5.04. The van der Waals surface area contributed by atoms with Crippen LogP contribution in [-0.2, 0) is 9.53 Å². The predicted molar refractivity (Wildman–Crippen MR) is 41.1 cm³/mol. The van der Waals surface area contributed by atoms with E-state index >= 15 is 0 Å². The summed E-state index contributed by atoms with van der Waals surface area (Å²) in [7, 11) is 0. The van der Waals surface area contributed by atoms with Crippen LogP contribution in [0.25, 0.3) is 0 Å². The van der Waals surface area contributed by atoms with E-state index in [1.165, 1.54) is 0 Å². The van der Waals surface area contributed by atoms with Crippen LogP contribution < -0.4 is 5.11 Å². The van der Waals surface area contributed by atoms with Crippen molar-refractivity contribution in [2.45, 2.75) is 27.4 Å². The van der Waals surface area contributed by atoms with Crippen molar-refractivity contribution in [1.29, 1.82) is 0 Å². The normalized spacial score (nSPS) is 22.6. The Morgan fingerprint density at radius 2 is 2.08 bits per heavy atom. The second-order valence-electron chi connectivity index (χ2n) is 2.78. The van der Waals surface area contributed by atoms with Gasteiger partial charge in [-0.25, -0.2) is 4.79 Å². The van der Waals surface area contributed by atoms with Gasteiger partial charge < -0.3 is 14.9 Å². The molecule has 1 aliphatic heterocycles. The summed E-state index contributed by atoms with van der Waals surface area (Å²) >= 11 is 0. The molecule has 0 aromatic heterocycles. The fourth-order valence-corrected chi connectivity index (χ4v) is 0.910. The summed E-state index contributed by atoms with van der Waals surface area (Å²) in [4.78, 5) is 10.5. The predicted octanol–water partition coefficient (Wildman–Crippen LogP) is 0.334. The lowest BCUT2D eigenvalue weighted by molar-refractivity contribution is -0.303. The zero-order chi connectivity index (χ0) is 8.59. The third kappa shape index (κ3) is 1.52. The van der Waals surface area contributed by atoms with E-state index in [4.69, 9.17) is 5.11 Å². The molecule has 0 saturated carbocycles. The molecule has 0 aromatic carbocycles. The molecule has 0 aliphatic carbocycles. The van der Waals surface area contributed by atoms with Gasteiger partial charge in [-0.1, -0.05) is 21.3 Å². The standard InChI is InChI=1S/C7H10O4.CH4/c1-3(2)6-4(8)5(9)7(10)11-6;/h3,6,8-9H,1-2H3;1H4/p-1/t6-;/m1./s1. The molecule has 0 amide bonds. The third-order valence-electron chi connectivity index (χ3n) is 1.53. The first-order valence-corrected chi connectivity index (χ1v) is 3.35. The average molecular weight is 173 g/mol. The molecule has 0 saturated heterocycles. The minimum atomic E-state index is -0.957. The molecule has 0 unspecified atom stereocenters. The maximum atomic E-state index is 10.7. The maximum absolute atomic E-state index is 10.7. The van der Waals surface area contributed by atoms with Crippen molar-refractivity contribution >= 4 is 5.97 Å². The van der Waals surface area contributed by atoms with Gasteiger partial charge in [-0.05, 0) is 5.92 Å². The number of aliphatic hydroxyl groups excluding tert-OH is 1. The molecule has 0 radical (unpaired) electrons. The van der Waals surface area contributed by atoms with Crippen molar-refractivity contribution in [3.8, 4) is 0 Å². The zero-order valence-electron chi connectivity index (χ0n) is 6.33. The Balaban J connectivity index is 0.00000121. The summed E-state index contributed by atoms with van der Waals surface area (Å²) in [6.07, 6.45) is -0.741. The lowest BCUT2D eigenvalue weighted by atomic mass is 10.1. The summed E-state index contributed by atoms with van der Waals surface area (Å²) in [5, 5.41) is 19.7. The van der Waals surface area contributed by atoms with Crippen molar-refractivity contribution in [2.24, 2.45) is 5.92 Å². The van der Waals surface area contributed by atoms with Crippen LogP contribution in [-0.4, -0.2) is 17.2 Å². The molecule has 4 heteroatoms. The number of aliphatic hydroxyl groups is 1. The van der Waals surface area contributed by atoms with Gasteiger partial charge in [-0.2, -0.15) is 0 Å². The van der Waals surface area contributed by atoms with Gasteiger partial charge in [0.15, 0.2) is 6.10 Å². The fourth-order valence-electron chi connectivity index (χ4n) is 0.910. The van der Waals surface area contributed by atoms with Crippen molar-refractivity contribution in [3.63, 3.8) is 0 Å². The van der Waals surface area contributed by atoms with Gasteiger partial charge in [0.05, 0.1) is 0 Å². The van der Waals surface area contributed by atoms with E-state index in [2.05, 4.69) is 4.74 Å². The lowest BCUT2D eigenvalue weighted by Crippen LogP contribution is -2.18. The number of carbonyl (C=O) groups is 1. The minimum Gasteiger partial charge on any atom is -0.865 e. The molecular formula is C8H13O4-. The highest BCUT2D eigenvalue weighted by Gasteiger charge is 2.30. The van der Waals surface area contributed by atoms with Crippen molar-refractivity contribution < 1.29 is 19.7 Å². The molecule has 1 rings (SSSR count). The smallest absolute Gasteiger partial charge is 0.327 e. The van der Waals surface area contributed by atoms with Crippen LogP contribution in [0, 0.1) is 5.92 Å². The Labute approximate surface area is 71.5 Å². The monoisotopic (exact) mass is 173 g/mol. The van der Waals surface area contributed by atoms with Crippen molar-refractivity contribution in [3.05, 3.63) is 11.5 Å². The summed E-state index contributed by atoms with van der Waals surface area (Å²) in [6, 6.07) is 0.